The molecule has 0 amide bonds. The summed E-state index contributed by atoms with van der Waals surface area (Å²) in [5.41, 5.74) is -0.756. The predicted octanol–water partition coefficient (Wildman–Crippen LogP) is 1.15. The van der Waals surface area contributed by atoms with Gasteiger partial charge in [0.2, 0.25) is 12.2 Å². The van der Waals surface area contributed by atoms with Gasteiger partial charge in [0.1, 0.15) is 5.76 Å². The van der Waals surface area contributed by atoms with E-state index >= 15 is 0 Å². The molecule has 0 aromatic carbocycles. The number of rotatable bonds is 2. The third-order valence-electron chi connectivity index (χ3n) is 1.93. The first-order valence-corrected chi connectivity index (χ1v) is 3.90. The van der Waals surface area contributed by atoms with Gasteiger partial charge in [-0.3, -0.25) is 0 Å². The molecule has 14 heavy (non-hydrogen) atoms. The maximum atomic E-state index is 10.1. The zero-order valence-electron chi connectivity index (χ0n) is 7.52. The molecule has 0 aliphatic heterocycles. The van der Waals surface area contributed by atoms with E-state index in [1.807, 2.05) is 0 Å². The molecule has 0 fully saturated rings. The molecule has 0 heterocycles. The Morgan fingerprint density at radius 1 is 1.43 bits per heavy atom. The second-order valence-corrected chi connectivity index (χ2v) is 2.91. The van der Waals surface area contributed by atoms with Crippen molar-refractivity contribution in [3.63, 3.8) is 0 Å². The van der Waals surface area contributed by atoms with Gasteiger partial charge in [-0.2, -0.15) is 9.98 Å². The molecule has 0 aromatic heterocycles. The molecule has 0 spiro atoms. The number of aliphatic imine (C=N–C) groups is 2. The minimum absolute atomic E-state index is 0.0998. The Morgan fingerprint density at radius 3 is 2.43 bits per heavy atom. The topological polar surface area (TPSA) is 79.1 Å². The number of hydrogen-bond acceptors (Lipinski definition) is 5. The monoisotopic (exact) mass is 192 g/mol. The van der Waals surface area contributed by atoms with Crippen molar-refractivity contribution in [3.05, 3.63) is 23.5 Å². The SMILES string of the molecule is CC1=CC(N=C=O)(N=C=O)CC=C1O. The van der Waals surface area contributed by atoms with Crippen LogP contribution in [0.3, 0.4) is 0 Å². The van der Waals surface area contributed by atoms with Crippen LogP contribution in [-0.4, -0.2) is 22.9 Å². The summed E-state index contributed by atoms with van der Waals surface area (Å²) in [6.07, 6.45) is 5.71. The highest BCUT2D eigenvalue weighted by Crippen LogP contribution is 2.28. The fourth-order valence-corrected chi connectivity index (χ4v) is 1.23. The molecule has 1 aliphatic carbocycles. The molecule has 0 saturated carbocycles. The van der Waals surface area contributed by atoms with Gasteiger partial charge >= 0.3 is 0 Å². The van der Waals surface area contributed by atoms with Crippen molar-refractivity contribution in [1.29, 1.82) is 0 Å². The van der Waals surface area contributed by atoms with E-state index < -0.39 is 5.66 Å². The van der Waals surface area contributed by atoms with Crippen LogP contribution in [0.4, 0.5) is 0 Å². The molecule has 1 rings (SSSR count). The summed E-state index contributed by atoms with van der Waals surface area (Å²) >= 11 is 0. The summed E-state index contributed by atoms with van der Waals surface area (Å²) in [6, 6.07) is 0. The van der Waals surface area contributed by atoms with Gasteiger partial charge in [0.05, 0.1) is 0 Å². The lowest BCUT2D eigenvalue weighted by Crippen LogP contribution is -2.23. The van der Waals surface area contributed by atoms with Crippen LogP contribution in [0.5, 0.6) is 0 Å². The summed E-state index contributed by atoms with van der Waals surface area (Å²) in [6.45, 7) is 1.63. The number of hydrogen-bond donors (Lipinski definition) is 1. The van der Waals surface area contributed by atoms with Crippen LogP contribution in [0.25, 0.3) is 0 Å². The quantitative estimate of drug-likeness (QED) is 0.526. The highest BCUT2D eigenvalue weighted by Gasteiger charge is 2.29. The first-order valence-electron chi connectivity index (χ1n) is 3.90. The summed E-state index contributed by atoms with van der Waals surface area (Å²) in [7, 11) is 0. The maximum absolute atomic E-state index is 10.1. The number of isocyanates is 2. The van der Waals surface area contributed by atoms with E-state index in [9.17, 15) is 14.7 Å². The van der Waals surface area contributed by atoms with Gasteiger partial charge in [-0.15, -0.1) is 0 Å². The van der Waals surface area contributed by atoms with E-state index in [0.29, 0.717) is 5.57 Å². The van der Waals surface area contributed by atoms with E-state index in [2.05, 4.69) is 9.98 Å². The lowest BCUT2D eigenvalue weighted by atomic mass is 9.97. The lowest BCUT2D eigenvalue weighted by Gasteiger charge is -2.21. The third-order valence-corrected chi connectivity index (χ3v) is 1.93. The normalized spacial score (nSPS) is 25.2. The van der Waals surface area contributed by atoms with Crippen LogP contribution in [0.1, 0.15) is 13.3 Å². The summed E-state index contributed by atoms with van der Waals surface area (Å²) < 4.78 is 0. The predicted molar refractivity (Wildman–Crippen MR) is 48.1 cm³/mol. The van der Waals surface area contributed by atoms with Gasteiger partial charge < -0.3 is 5.11 Å². The third kappa shape index (κ3) is 1.85. The van der Waals surface area contributed by atoms with E-state index in [1.54, 1.807) is 6.92 Å². The van der Waals surface area contributed by atoms with E-state index in [4.69, 9.17) is 0 Å². The van der Waals surface area contributed by atoms with Crippen molar-refractivity contribution >= 4 is 12.2 Å². The summed E-state index contributed by atoms with van der Waals surface area (Å²) in [5, 5.41) is 9.26. The molecular weight excluding hydrogens is 184 g/mol. The Labute approximate surface area is 80.2 Å². The Hall–Kier alpha value is -1.96. The lowest BCUT2D eigenvalue weighted by molar-refractivity contribution is 0.403. The van der Waals surface area contributed by atoms with Gasteiger partial charge in [0.15, 0.2) is 5.66 Å². The first kappa shape index (κ1) is 10.1. The van der Waals surface area contributed by atoms with Crippen LogP contribution in [-0.2, 0) is 9.59 Å². The minimum atomic E-state index is -1.26. The van der Waals surface area contributed by atoms with Gasteiger partial charge in [-0.05, 0) is 24.6 Å². The van der Waals surface area contributed by atoms with Crippen LogP contribution < -0.4 is 0 Å². The molecule has 0 aromatic rings. The molecule has 1 N–H and O–H groups in total. The smallest absolute Gasteiger partial charge is 0.237 e. The van der Waals surface area contributed by atoms with Crippen molar-refractivity contribution in [1.82, 2.24) is 0 Å². The number of nitrogens with zero attached hydrogens (tertiary/aromatic N) is 2. The van der Waals surface area contributed by atoms with Crippen molar-refractivity contribution in [2.75, 3.05) is 0 Å². The molecule has 5 nitrogen and oxygen atoms in total. The molecule has 1 aliphatic rings. The zero-order chi connectivity index (χ0) is 10.6. The van der Waals surface area contributed by atoms with E-state index in [-0.39, 0.29) is 12.2 Å². The summed E-state index contributed by atoms with van der Waals surface area (Å²) in [4.78, 5) is 27.1. The van der Waals surface area contributed by atoms with Crippen LogP contribution in [0.15, 0.2) is 33.5 Å². The highest BCUT2D eigenvalue weighted by molar-refractivity contribution is 5.44. The van der Waals surface area contributed by atoms with E-state index in [1.165, 1.54) is 24.3 Å². The molecular formula is C9H8N2O3. The van der Waals surface area contributed by atoms with Crippen LogP contribution >= 0.6 is 0 Å². The Morgan fingerprint density at radius 2 is 2.00 bits per heavy atom. The average Bonchev–Trinajstić information content (AvgIpc) is 2.13. The van der Waals surface area contributed by atoms with Gasteiger partial charge in [-0.1, -0.05) is 0 Å². The second-order valence-electron chi connectivity index (χ2n) is 2.91. The van der Waals surface area contributed by atoms with E-state index in [0.717, 1.165) is 0 Å². The molecule has 72 valence electrons. The Bertz CT molecular complexity index is 378. The van der Waals surface area contributed by atoms with Crippen molar-refractivity contribution in [2.45, 2.75) is 19.0 Å². The van der Waals surface area contributed by atoms with Crippen molar-refractivity contribution < 1.29 is 14.7 Å². The van der Waals surface area contributed by atoms with Gasteiger partial charge in [-0.25, -0.2) is 9.59 Å². The standard InChI is InChI=1S/C9H8N2O3/c1-7-4-9(10-5-12,11-6-13)3-2-8(7)14/h2,4,14H,3H2,1H3. The van der Waals surface area contributed by atoms with Crippen LogP contribution in [0, 0.1) is 0 Å². The number of aliphatic hydroxyl groups excluding tert-OH is 1. The second kappa shape index (κ2) is 3.83. The van der Waals surface area contributed by atoms with Crippen molar-refractivity contribution in [3.8, 4) is 0 Å². The van der Waals surface area contributed by atoms with Gasteiger partial charge in [0.25, 0.3) is 0 Å². The van der Waals surface area contributed by atoms with Crippen molar-refractivity contribution in [2.24, 2.45) is 9.98 Å². The Balaban J connectivity index is 3.18. The molecule has 0 radical (unpaired) electrons. The maximum Gasteiger partial charge on any atom is 0.237 e. The minimum Gasteiger partial charge on any atom is -0.508 e. The fraction of sp³-hybridized carbons (Fsp3) is 0.333. The largest absolute Gasteiger partial charge is 0.508 e. The average molecular weight is 192 g/mol. The highest BCUT2D eigenvalue weighted by atomic mass is 16.3. The molecule has 0 saturated heterocycles. The fourth-order valence-electron chi connectivity index (χ4n) is 1.23. The number of carbonyl (C=O) groups excluding carboxylic acids is 2. The molecule has 0 bridgehead atoms. The van der Waals surface area contributed by atoms with Crippen LogP contribution in [0.2, 0.25) is 0 Å². The first-order chi connectivity index (χ1) is 6.63. The summed E-state index contributed by atoms with van der Waals surface area (Å²) in [5.74, 6) is 0.0998. The zero-order valence-corrected chi connectivity index (χ0v) is 7.52. The molecule has 0 atom stereocenters. The number of aliphatic hydroxyl groups is 1. The number of allylic oxidation sites excluding steroid dienone is 1. The Kier molecular flexibility index (Phi) is 2.77. The molecule has 0 unspecified atom stereocenters. The van der Waals surface area contributed by atoms with Gasteiger partial charge in [0, 0.05) is 6.42 Å². The molecule has 5 heteroatoms.